The van der Waals surface area contributed by atoms with Crippen molar-refractivity contribution in [3.63, 3.8) is 0 Å². The zero-order chi connectivity index (χ0) is 27.9. The van der Waals surface area contributed by atoms with Gasteiger partial charge in [-0.3, -0.25) is 19.4 Å². The van der Waals surface area contributed by atoms with Crippen molar-refractivity contribution in [2.24, 2.45) is 5.92 Å². The van der Waals surface area contributed by atoms with Gasteiger partial charge in [0, 0.05) is 25.2 Å². The van der Waals surface area contributed by atoms with Crippen LogP contribution in [0.5, 0.6) is 5.75 Å². The average Bonchev–Trinajstić information content (AvgIpc) is 2.93. The van der Waals surface area contributed by atoms with Crippen molar-refractivity contribution in [1.82, 2.24) is 14.7 Å². The second-order valence-corrected chi connectivity index (χ2v) is 11.6. The second kappa shape index (κ2) is 13.0. The molecule has 0 unspecified atom stereocenters. The van der Waals surface area contributed by atoms with Gasteiger partial charge in [-0.1, -0.05) is 48.9 Å². The van der Waals surface area contributed by atoms with E-state index >= 15 is 0 Å². The molecule has 2 aliphatic rings. The zero-order valence-corrected chi connectivity index (χ0v) is 24.1. The van der Waals surface area contributed by atoms with Crippen LogP contribution in [-0.4, -0.2) is 80.6 Å². The van der Waals surface area contributed by atoms with Crippen molar-refractivity contribution in [1.29, 1.82) is 0 Å². The Morgan fingerprint density at radius 1 is 0.974 bits per heavy atom. The molecule has 2 fully saturated rings. The van der Waals surface area contributed by atoms with E-state index in [-0.39, 0.29) is 23.6 Å². The predicted molar refractivity (Wildman–Crippen MR) is 153 cm³/mol. The molecule has 4 rings (SSSR count). The van der Waals surface area contributed by atoms with Gasteiger partial charge in [-0.15, -0.1) is 0 Å². The predicted octanol–water partition coefficient (Wildman–Crippen LogP) is 4.70. The number of hydrogen-bond acceptors (Lipinski definition) is 6. The Morgan fingerprint density at radius 2 is 1.64 bits per heavy atom. The highest BCUT2D eigenvalue weighted by Crippen LogP contribution is 2.47. The number of rotatable bonds is 13. The number of nitrogens with zero attached hydrogens (tertiary/aromatic N) is 3. The Bertz CT molecular complexity index is 1060. The summed E-state index contributed by atoms with van der Waals surface area (Å²) < 4.78 is 10.4. The molecule has 0 bridgehead atoms. The largest absolute Gasteiger partial charge is 0.497 e. The second-order valence-electron chi connectivity index (χ2n) is 11.6. The van der Waals surface area contributed by atoms with Crippen molar-refractivity contribution in [2.45, 2.75) is 62.6 Å². The van der Waals surface area contributed by atoms with Crippen molar-refractivity contribution in [2.75, 3.05) is 47.9 Å². The first-order valence-corrected chi connectivity index (χ1v) is 14.2. The summed E-state index contributed by atoms with van der Waals surface area (Å²) >= 11 is 0. The highest BCUT2D eigenvalue weighted by atomic mass is 16.5. The fourth-order valence-corrected chi connectivity index (χ4v) is 6.62. The van der Waals surface area contributed by atoms with E-state index in [1.807, 2.05) is 25.2 Å². The molecule has 0 heterocycles. The van der Waals surface area contributed by atoms with Crippen LogP contribution < -0.4 is 4.74 Å². The molecule has 0 atom stereocenters. The number of benzene rings is 2. The molecule has 2 saturated carbocycles. The first-order valence-electron chi connectivity index (χ1n) is 14.2. The van der Waals surface area contributed by atoms with Gasteiger partial charge in [0.1, 0.15) is 5.75 Å². The quantitative estimate of drug-likeness (QED) is 0.274. The van der Waals surface area contributed by atoms with Crippen LogP contribution in [0.4, 0.5) is 0 Å². The van der Waals surface area contributed by atoms with Gasteiger partial charge in [0.2, 0.25) is 6.41 Å². The van der Waals surface area contributed by atoms with E-state index in [4.69, 9.17) is 9.47 Å². The van der Waals surface area contributed by atoms with Crippen molar-refractivity contribution < 1.29 is 19.1 Å². The Kier molecular flexibility index (Phi) is 9.67. The molecule has 1 amide bonds. The van der Waals surface area contributed by atoms with Gasteiger partial charge < -0.3 is 14.4 Å². The van der Waals surface area contributed by atoms with E-state index in [1.54, 1.807) is 7.11 Å². The fourth-order valence-electron chi connectivity index (χ4n) is 6.62. The normalized spacial score (nSPS) is 23.3. The van der Waals surface area contributed by atoms with Crippen LogP contribution in [0.15, 0.2) is 54.6 Å². The lowest BCUT2D eigenvalue weighted by molar-refractivity contribution is -0.144. The maximum atomic E-state index is 12.7. The van der Waals surface area contributed by atoms with E-state index in [0.717, 1.165) is 57.5 Å². The van der Waals surface area contributed by atoms with E-state index in [0.29, 0.717) is 5.92 Å². The van der Waals surface area contributed by atoms with Crippen molar-refractivity contribution in [3.8, 4) is 5.75 Å². The molecule has 212 valence electrons. The summed E-state index contributed by atoms with van der Waals surface area (Å²) in [6, 6.07) is 18.7. The zero-order valence-electron chi connectivity index (χ0n) is 24.1. The van der Waals surface area contributed by atoms with Gasteiger partial charge in [-0.05, 0) is 81.8 Å². The number of methoxy groups -OCH3 is 2. The van der Waals surface area contributed by atoms with Crippen LogP contribution in [-0.2, 0) is 26.4 Å². The van der Waals surface area contributed by atoms with Gasteiger partial charge in [0.15, 0.2) is 0 Å². The lowest BCUT2D eigenvalue weighted by Crippen LogP contribution is -2.61. The minimum absolute atomic E-state index is 0.231. The molecule has 0 N–H and O–H groups in total. The first-order chi connectivity index (χ1) is 18.8. The summed E-state index contributed by atoms with van der Waals surface area (Å²) in [5.41, 5.74) is 1.88. The number of ether oxygens (including phenoxy) is 2. The lowest BCUT2D eigenvalue weighted by Gasteiger charge is -2.55. The molecule has 2 aromatic rings. The number of carbonyl (C=O) groups is 2. The van der Waals surface area contributed by atoms with E-state index in [9.17, 15) is 9.59 Å². The number of esters is 1. The Hall–Kier alpha value is -2.90. The molecule has 0 spiro atoms. The van der Waals surface area contributed by atoms with Crippen LogP contribution in [0.3, 0.4) is 0 Å². The van der Waals surface area contributed by atoms with Gasteiger partial charge >= 0.3 is 5.97 Å². The van der Waals surface area contributed by atoms with E-state index in [1.165, 1.54) is 37.5 Å². The van der Waals surface area contributed by atoms with Crippen molar-refractivity contribution >= 4 is 12.4 Å². The summed E-state index contributed by atoms with van der Waals surface area (Å²) in [7, 11) is 7.31. The number of likely N-dealkylation sites (N-methyl/N-ethyl adjacent to an activating group) is 2. The maximum Gasteiger partial charge on any atom is 0.319 e. The molecule has 0 saturated heterocycles. The Labute approximate surface area is 234 Å². The van der Waals surface area contributed by atoms with Gasteiger partial charge in [-0.2, -0.15) is 0 Å². The third kappa shape index (κ3) is 6.64. The van der Waals surface area contributed by atoms with Crippen LogP contribution in [0.2, 0.25) is 0 Å². The van der Waals surface area contributed by atoms with Gasteiger partial charge in [0.25, 0.3) is 0 Å². The summed E-state index contributed by atoms with van der Waals surface area (Å²) in [4.78, 5) is 31.6. The summed E-state index contributed by atoms with van der Waals surface area (Å²) in [6.45, 7) is 2.66. The van der Waals surface area contributed by atoms with Gasteiger partial charge in [-0.25, -0.2) is 0 Å². The van der Waals surface area contributed by atoms with Crippen LogP contribution in [0.25, 0.3) is 0 Å². The molecule has 2 aliphatic carbocycles. The van der Waals surface area contributed by atoms with E-state index in [2.05, 4.69) is 58.1 Å². The first kappa shape index (κ1) is 29.1. The highest BCUT2D eigenvalue weighted by Gasteiger charge is 2.49. The molecule has 0 radical (unpaired) electrons. The van der Waals surface area contributed by atoms with Crippen LogP contribution in [0, 0.1) is 5.92 Å². The highest BCUT2D eigenvalue weighted by molar-refractivity contribution is 5.71. The Morgan fingerprint density at radius 3 is 2.18 bits per heavy atom. The van der Waals surface area contributed by atoms with E-state index < -0.39 is 0 Å². The minimum atomic E-state index is -0.293. The molecule has 39 heavy (non-hydrogen) atoms. The average molecular weight is 536 g/mol. The molecule has 0 aromatic heterocycles. The topological polar surface area (TPSA) is 62.3 Å². The number of hydrogen-bond donors (Lipinski definition) is 0. The monoisotopic (exact) mass is 535 g/mol. The smallest absolute Gasteiger partial charge is 0.319 e. The summed E-state index contributed by atoms with van der Waals surface area (Å²) in [5, 5.41) is 0. The van der Waals surface area contributed by atoms with Crippen molar-refractivity contribution in [3.05, 3.63) is 65.7 Å². The van der Waals surface area contributed by atoms with Crippen LogP contribution >= 0.6 is 0 Å². The third-order valence-electron chi connectivity index (χ3n) is 9.24. The molecular weight excluding hydrogens is 490 g/mol. The van der Waals surface area contributed by atoms with Crippen LogP contribution in [0.1, 0.15) is 56.1 Å². The molecular formula is C32H45N3O4. The lowest BCUT2D eigenvalue weighted by atomic mass is 9.67. The fraction of sp³-hybridized carbons (Fsp3) is 0.562. The molecule has 0 aliphatic heterocycles. The Balaban J connectivity index is 1.59. The molecule has 7 heteroatoms. The molecule has 2 aromatic carbocycles. The van der Waals surface area contributed by atoms with Gasteiger partial charge in [0.05, 0.1) is 26.3 Å². The third-order valence-corrected chi connectivity index (χ3v) is 9.24. The number of carbonyl (C=O) groups excluding carboxylic acids is 2. The minimum Gasteiger partial charge on any atom is -0.497 e. The SMILES string of the molecule is COC(=O)CN(C)C1(c2ccccc2)CCC(CN(C)Cc2ccc(OC)cc2)(N(C=O)CC2CCC2)CC1. The molecule has 7 nitrogen and oxygen atoms in total. The number of amides is 1. The maximum absolute atomic E-state index is 12.7. The summed E-state index contributed by atoms with van der Waals surface area (Å²) in [5.74, 6) is 1.22. The summed E-state index contributed by atoms with van der Waals surface area (Å²) in [6.07, 6.45) is 8.23. The standard InChI is InChI=1S/C32H45N3O4/c1-33(21-27-13-15-29(38-3)16-14-27)24-31(35(25-36)22-26-9-8-10-26)17-19-32(20-18-31,28-11-6-5-7-12-28)34(2)23-30(37)39-4/h5-7,11-16,25-26H,8-10,17-24H2,1-4H3.